The number of nitrogens with two attached hydrogens (primary N) is 1. The first-order valence-electron chi connectivity index (χ1n) is 7.50. The molecule has 0 saturated heterocycles. The fraction of sp³-hybridized carbons (Fsp3) is 0.111. The van der Waals surface area contributed by atoms with Gasteiger partial charge in [-0.2, -0.15) is 4.99 Å². The lowest BCUT2D eigenvalue weighted by atomic mass is 10.0. The topological polar surface area (TPSA) is 111 Å². The van der Waals surface area contributed by atoms with E-state index >= 15 is 0 Å². The molecule has 0 aliphatic carbocycles. The van der Waals surface area contributed by atoms with E-state index < -0.39 is 11.8 Å². The van der Waals surface area contributed by atoms with Crippen LogP contribution in [-0.4, -0.2) is 35.9 Å². The highest BCUT2D eigenvalue weighted by atomic mass is 32.1. The number of nitrogens with one attached hydrogen (secondary N) is 1. The van der Waals surface area contributed by atoms with Gasteiger partial charge >= 0.3 is 0 Å². The van der Waals surface area contributed by atoms with Crippen LogP contribution in [0.4, 0.5) is 5.69 Å². The van der Waals surface area contributed by atoms with E-state index in [2.05, 4.69) is 27.7 Å². The first-order chi connectivity index (χ1) is 12.5. The fourth-order valence-corrected chi connectivity index (χ4v) is 2.10. The van der Waals surface area contributed by atoms with Crippen molar-refractivity contribution in [2.24, 2.45) is 10.7 Å². The summed E-state index contributed by atoms with van der Waals surface area (Å²) in [5, 5.41) is 4.57. The summed E-state index contributed by atoms with van der Waals surface area (Å²) in [4.78, 5) is 38.3. The van der Waals surface area contributed by atoms with Crippen LogP contribution in [0.3, 0.4) is 0 Å². The molecule has 0 unspecified atom stereocenters. The minimum atomic E-state index is -0.636. The van der Waals surface area contributed by atoms with Crippen LogP contribution < -0.4 is 15.8 Å². The highest BCUT2D eigenvalue weighted by Gasteiger charge is 2.10. The standard InChI is InChI=1S/C18H15N3O4S/c19-16(22)9-20-17(23)10-25-15-7-3-13(4-8-15)18(24)12-1-5-14(6-2-12)21-11-26/h1-8H,9-10H2,(H2,19,22)(H,20,23). The van der Waals surface area contributed by atoms with Crippen LogP contribution in [-0.2, 0) is 9.59 Å². The summed E-state index contributed by atoms with van der Waals surface area (Å²) in [6, 6.07) is 13.0. The summed E-state index contributed by atoms with van der Waals surface area (Å²) < 4.78 is 5.28. The normalized spacial score (nSPS) is 9.69. The predicted molar refractivity (Wildman–Crippen MR) is 98.7 cm³/mol. The fourth-order valence-electron chi connectivity index (χ4n) is 1.99. The van der Waals surface area contributed by atoms with Crippen molar-refractivity contribution >= 4 is 40.7 Å². The molecule has 2 amide bonds. The molecule has 2 aromatic carbocycles. The molecule has 7 nitrogen and oxygen atoms in total. The quantitative estimate of drug-likeness (QED) is 0.417. The number of ether oxygens (including phenoxy) is 1. The van der Waals surface area contributed by atoms with Gasteiger partial charge in [0.1, 0.15) is 5.75 Å². The van der Waals surface area contributed by atoms with E-state index in [1.165, 1.54) is 0 Å². The Hall–Kier alpha value is -3.35. The Balaban J connectivity index is 1.95. The van der Waals surface area contributed by atoms with Crippen molar-refractivity contribution in [3.05, 3.63) is 59.7 Å². The second kappa shape index (κ2) is 9.22. The van der Waals surface area contributed by atoms with Gasteiger partial charge in [0.15, 0.2) is 12.4 Å². The number of hydrogen-bond donors (Lipinski definition) is 2. The summed E-state index contributed by atoms with van der Waals surface area (Å²) in [5.74, 6) is -0.846. The Morgan fingerprint density at radius 3 is 2.15 bits per heavy atom. The van der Waals surface area contributed by atoms with Crippen LogP contribution in [0.2, 0.25) is 0 Å². The molecular weight excluding hydrogens is 354 g/mol. The third-order valence-electron chi connectivity index (χ3n) is 3.25. The molecule has 2 aromatic rings. The maximum atomic E-state index is 12.4. The van der Waals surface area contributed by atoms with Gasteiger partial charge in [-0.15, -0.1) is 0 Å². The summed E-state index contributed by atoms with van der Waals surface area (Å²) in [6.07, 6.45) is 0. The molecule has 0 heterocycles. The van der Waals surface area contributed by atoms with E-state index in [9.17, 15) is 14.4 Å². The number of hydrogen-bond acceptors (Lipinski definition) is 6. The molecule has 0 spiro atoms. The monoisotopic (exact) mass is 369 g/mol. The SMILES string of the molecule is NC(=O)CNC(=O)COc1ccc(C(=O)c2ccc(N=C=S)cc2)cc1. The Bertz CT molecular complexity index is 857. The third-order valence-corrected chi connectivity index (χ3v) is 3.34. The van der Waals surface area contributed by atoms with Crippen molar-refractivity contribution in [1.82, 2.24) is 5.32 Å². The highest BCUT2D eigenvalue weighted by molar-refractivity contribution is 7.78. The van der Waals surface area contributed by atoms with Gasteiger partial charge in [0, 0.05) is 11.1 Å². The minimum Gasteiger partial charge on any atom is -0.484 e. The average molecular weight is 369 g/mol. The van der Waals surface area contributed by atoms with Gasteiger partial charge in [-0.1, -0.05) is 0 Å². The summed E-state index contributed by atoms with van der Waals surface area (Å²) >= 11 is 4.53. The zero-order chi connectivity index (χ0) is 18.9. The number of ketones is 1. The molecule has 0 radical (unpaired) electrons. The van der Waals surface area contributed by atoms with E-state index in [1.54, 1.807) is 48.5 Å². The second-order valence-electron chi connectivity index (χ2n) is 5.14. The zero-order valence-electron chi connectivity index (χ0n) is 13.6. The maximum Gasteiger partial charge on any atom is 0.258 e. The molecule has 0 aliphatic heterocycles. The number of benzene rings is 2. The van der Waals surface area contributed by atoms with Crippen LogP contribution in [0.1, 0.15) is 15.9 Å². The lowest BCUT2D eigenvalue weighted by molar-refractivity contribution is -0.126. The molecule has 3 N–H and O–H groups in total. The van der Waals surface area contributed by atoms with Gasteiger partial charge in [-0.25, -0.2) is 0 Å². The predicted octanol–water partition coefficient (Wildman–Crippen LogP) is 1.63. The van der Waals surface area contributed by atoms with Gasteiger partial charge in [0.25, 0.3) is 5.91 Å². The van der Waals surface area contributed by atoms with Gasteiger partial charge in [-0.05, 0) is 60.7 Å². The van der Waals surface area contributed by atoms with Crippen molar-refractivity contribution in [2.75, 3.05) is 13.2 Å². The first kappa shape index (κ1) is 19.0. The summed E-state index contributed by atoms with van der Waals surface area (Å²) in [5.41, 5.74) is 6.53. The molecular formula is C18H15N3O4S. The number of carbonyl (C=O) groups excluding carboxylic acids is 3. The number of amides is 2. The molecule has 0 atom stereocenters. The largest absolute Gasteiger partial charge is 0.484 e. The molecule has 2 rings (SSSR count). The number of rotatable bonds is 8. The van der Waals surface area contributed by atoms with Gasteiger partial charge in [0.2, 0.25) is 5.91 Å². The summed E-state index contributed by atoms with van der Waals surface area (Å²) in [6.45, 7) is -0.507. The number of nitrogens with zero attached hydrogens (tertiary/aromatic N) is 1. The van der Waals surface area contributed by atoms with E-state index in [-0.39, 0.29) is 18.9 Å². The van der Waals surface area contributed by atoms with E-state index in [1.807, 2.05) is 0 Å². The Kier molecular flexibility index (Phi) is 6.73. The summed E-state index contributed by atoms with van der Waals surface area (Å²) in [7, 11) is 0. The van der Waals surface area contributed by atoms with Crippen molar-refractivity contribution in [3.8, 4) is 5.75 Å². The van der Waals surface area contributed by atoms with E-state index in [0.717, 1.165) is 0 Å². The molecule has 0 saturated carbocycles. The lowest BCUT2D eigenvalue weighted by Crippen LogP contribution is -2.36. The van der Waals surface area contributed by atoms with Gasteiger partial charge in [0.05, 0.1) is 17.4 Å². The number of isothiocyanates is 1. The van der Waals surface area contributed by atoms with Crippen LogP contribution in [0.15, 0.2) is 53.5 Å². The van der Waals surface area contributed by atoms with Crippen LogP contribution in [0.5, 0.6) is 5.75 Å². The third kappa shape index (κ3) is 5.62. The average Bonchev–Trinajstić information content (AvgIpc) is 2.65. The smallest absolute Gasteiger partial charge is 0.258 e. The number of carbonyl (C=O) groups is 3. The van der Waals surface area contributed by atoms with Crippen LogP contribution in [0, 0.1) is 0 Å². The van der Waals surface area contributed by atoms with Crippen molar-refractivity contribution in [1.29, 1.82) is 0 Å². The van der Waals surface area contributed by atoms with Gasteiger partial charge < -0.3 is 15.8 Å². The Labute approximate surface area is 154 Å². The highest BCUT2D eigenvalue weighted by Crippen LogP contribution is 2.18. The minimum absolute atomic E-state index is 0.159. The molecule has 0 bridgehead atoms. The number of aliphatic imine (C=N–C) groups is 1. The molecule has 132 valence electrons. The molecule has 8 heteroatoms. The van der Waals surface area contributed by atoms with E-state index in [4.69, 9.17) is 10.5 Å². The van der Waals surface area contributed by atoms with E-state index in [0.29, 0.717) is 22.6 Å². The molecule has 0 aromatic heterocycles. The van der Waals surface area contributed by atoms with Gasteiger partial charge in [-0.3, -0.25) is 14.4 Å². The first-order valence-corrected chi connectivity index (χ1v) is 7.91. The number of thiocarbonyl (C=S) groups is 1. The second-order valence-corrected chi connectivity index (χ2v) is 5.32. The Morgan fingerprint density at radius 2 is 1.62 bits per heavy atom. The van der Waals surface area contributed by atoms with Crippen molar-refractivity contribution < 1.29 is 19.1 Å². The van der Waals surface area contributed by atoms with Crippen molar-refractivity contribution in [3.63, 3.8) is 0 Å². The maximum absolute atomic E-state index is 12.4. The van der Waals surface area contributed by atoms with Crippen LogP contribution in [0.25, 0.3) is 0 Å². The molecule has 0 fully saturated rings. The molecule has 0 aliphatic rings. The Morgan fingerprint density at radius 1 is 1.04 bits per heavy atom. The molecule has 26 heavy (non-hydrogen) atoms. The van der Waals surface area contributed by atoms with Crippen molar-refractivity contribution in [2.45, 2.75) is 0 Å². The van der Waals surface area contributed by atoms with Crippen LogP contribution >= 0.6 is 12.2 Å². The number of primary amides is 1. The lowest BCUT2D eigenvalue weighted by Gasteiger charge is -2.07. The zero-order valence-corrected chi connectivity index (χ0v) is 14.4.